The highest BCUT2D eigenvalue weighted by atomic mass is 16.6. The maximum Gasteiger partial charge on any atom is 0.270 e. The molecule has 0 fully saturated rings. The average molecular weight is 406 g/mol. The van der Waals surface area contributed by atoms with Crippen LogP contribution in [0.4, 0.5) is 5.69 Å². The maximum atomic E-state index is 11.2. The molecule has 0 saturated heterocycles. The first-order valence-electron chi connectivity index (χ1n) is 9.30. The molecule has 0 aromatic heterocycles. The normalized spacial score (nSPS) is 20.1. The molecule has 0 spiro atoms. The lowest BCUT2D eigenvalue weighted by Crippen LogP contribution is -2.51. The summed E-state index contributed by atoms with van der Waals surface area (Å²) in [7, 11) is 0. The molecule has 0 saturated carbocycles. The van der Waals surface area contributed by atoms with E-state index in [0.717, 1.165) is 6.42 Å². The number of nitro groups is 1. The Labute approximate surface area is 169 Å². The lowest BCUT2D eigenvalue weighted by molar-refractivity contribution is -0.385. The first kappa shape index (κ1) is 22.4. The van der Waals surface area contributed by atoms with Crippen molar-refractivity contribution in [2.45, 2.75) is 44.9 Å². The van der Waals surface area contributed by atoms with Crippen LogP contribution >= 0.6 is 0 Å². The monoisotopic (exact) mass is 406 g/mol. The van der Waals surface area contributed by atoms with Crippen LogP contribution in [-0.2, 0) is 14.3 Å². The number of carbonyl (C=O) groups excluding carboxylic acids is 1. The van der Waals surface area contributed by atoms with Crippen LogP contribution < -0.4 is 10.1 Å². The molecule has 1 aromatic rings. The fourth-order valence-electron chi connectivity index (χ4n) is 2.87. The van der Waals surface area contributed by atoms with E-state index in [9.17, 15) is 20.0 Å². The summed E-state index contributed by atoms with van der Waals surface area (Å²) >= 11 is 0. The predicted octanol–water partition coefficient (Wildman–Crippen LogP) is 2.43. The minimum absolute atomic E-state index is 0.0955. The second-order valence-corrected chi connectivity index (χ2v) is 7.07. The average Bonchev–Trinajstić information content (AvgIpc) is 2.68. The molecule has 2 rings (SSSR count). The van der Waals surface area contributed by atoms with Gasteiger partial charge in [0.25, 0.3) is 5.69 Å². The zero-order chi connectivity index (χ0) is 21.4. The third-order valence-electron chi connectivity index (χ3n) is 4.38. The number of ether oxygens (including phenoxy) is 3. The fraction of sp³-hybridized carbons (Fsp3) is 0.500. The first-order chi connectivity index (χ1) is 13.8. The Bertz CT molecular complexity index is 800. The summed E-state index contributed by atoms with van der Waals surface area (Å²) in [5, 5.41) is 25.1. The molecule has 1 aromatic carbocycles. The van der Waals surface area contributed by atoms with Crippen LogP contribution in [0.1, 0.15) is 38.8 Å². The van der Waals surface area contributed by atoms with Gasteiger partial charge in [0.15, 0.2) is 0 Å². The molecule has 2 N–H and O–H groups in total. The molecular weight excluding hydrogens is 380 g/mol. The van der Waals surface area contributed by atoms with Crippen LogP contribution in [0.3, 0.4) is 0 Å². The van der Waals surface area contributed by atoms with Crippen LogP contribution in [-0.4, -0.2) is 47.5 Å². The van der Waals surface area contributed by atoms with Crippen molar-refractivity contribution in [2.75, 3.05) is 19.8 Å². The van der Waals surface area contributed by atoms with Gasteiger partial charge in [0.2, 0.25) is 0 Å². The molecule has 158 valence electrons. The first-order valence-corrected chi connectivity index (χ1v) is 9.30. The van der Waals surface area contributed by atoms with E-state index < -0.39 is 22.7 Å². The van der Waals surface area contributed by atoms with Gasteiger partial charge in [0.05, 0.1) is 24.2 Å². The summed E-state index contributed by atoms with van der Waals surface area (Å²) in [6.07, 6.45) is 2.58. The number of benzene rings is 1. The number of aliphatic hydroxyl groups is 1. The van der Waals surface area contributed by atoms with E-state index in [1.165, 1.54) is 24.3 Å². The molecule has 2 atom stereocenters. The summed E-state index contributed by atoms with van der Waals surface area (Å²) < 4.78 is 16.8. The van der Waals surface area contributed by atoms with Crippen molar-refractivity contribution in [1.29, 1.82) is 0 Å². The molecule has 9 heteroatoms. The molecule has 29 heavy (non-hydrogen) atoms. The number of non-ortho nitro benzene ring substituents is 1. The van der Waals surface area contributed by atoms with E-state index >= 15 is 0 Å². The number of aliphatic hydroxyl groups excluding tert-OH is 1. The van der Waals surface area contributed by atoms with Gasteiger partial charge in [0, 0.05) is 30.0 Å². The summed E-state index contributed by atoms with van der Waals surface area (Å²) in [6, 6.07) is 3.62. The van der Waals surface area contributed by atoms with E-state index in [0.29, 0.717) is 23.7 Å². The van der Waals surface area contributed by atoms with Gasteiger partial charge in [-0.3, -0.25) is 10.1 Å². The van der Waals surface area contributed by atoms with Gasteiger partial charge in [-0.2, -0.15) is 0 Å². The Morgan fingerprint density at radius 1 is 1.48 bits per heavy atom. The van der Waals surface area contributed by atoms with Crippen LogP contribution in [0.25, 0.3) is 0 Å². The predicted molar refractivity (Wildman–Crippen MR) is 105 cm³/mol. The number of hydrogen-bond acceptors (Lipinski definition) is 8. The van der Waals surface area contributed by atoms with Gasteiger partial charge in [-0.15, -0.1) is 0 Å². The lowest BCUT2D eigenvalue weighted by atomic mass is 9.86. The van der Waals surface area contributed by atoms with Gasteiger partial charge < -0.3 is 24.6 Å². The van der Waals surface area contributed by atoms with Crippen molar-refractivity contribution in [2.24, 2.45) is 0 Å². The van der Waals surface area contributed by atoms with Crippen LogP contribution in [0, 0.1) is 10.1 Å². The van der Waals surface area contributed by atoms with E-state index in [1.807, 2.05) is 6.92 Å². The highest BCUT2D eigenvalue weighted by molar-refractivity contribution is 5.48. The summed E-state index contributed by atoms with van der Waals surface area (Å²) in [4.78, 5) is 20.9. The SMILES string of the molecule is CCCO/C(=C/N[C@@H]1c2cc([N+](=O)[O-])ccc2OC(C)(C)[C@H]1O)COCC=C=O. The van der Waals surface area contributed by atoms with Crippen LogP contribution in [0.15, 0.2) is 36.2 Å². The Kier molecular flexibility index (Phi) is 7.78. The molecule has 1 heterocycles. The second-order valence-electron chi connectivity index (χ2n) is 7.07. The Balaban J connectivity index is 2.29. The topological polar surface area (TPSA) is 120 Å². The minimum Gasteiger partial charge on any atom is -0.494 e. The molecular formula is C20H26N2O7. The Morgan fingerprint density at radius 3 is 2.90 bits per heavy atom. The van der Waals surface area contributed by atoms with Crippen molar-refractivity contribution in [3.05, 3.63) is 51.9 Å². The van der Waals surface area contributed by atoms with Gasteiger partial charge in [-0.05, 0) is 26.3 Å². The molecule has 0 aliphatic carbocycles. The third-order valence-corrected chi connectivity index (χ3v) is 4.38. The van der Waals surface area contributed by atoms with Gasteiger partial charge in [0.1, 0.15) is 35.8 Å². The molecule has 9 nitrogen and oxygen atoms in total. The smallest absolute Gasteiger partial charge is 0.270 e. The largest absolute Gasteiger partial charge is 0.494 e. The van der Waals surface area contributed by atoms with Crippen LogP contribution in [0.5, 0.6) is 5.75 Å². The van der Waals surface area contributed by atoms with Crippen molar-refractivity contribution in [3.63, 3.8) is 0 Å². The number of fused-ring (bicyclic) bond motifs is 1. The van der Waals surface area contributed by atoms with Gasteiger partial charge in [-0.25, -0.2) is 4.79 Å². The Hall–Kier alpha value is -2.87. The lowest BCUT2D eigenvalue weighted by Gasteiger charge is -2.42. The second kappa shape index (κ2) is 10.1. The number of nitrogens with zero attached hydrogens (tertiary/aromatic N) is 1. The zero-order valence-corrected chi connectivity index (χ0v) is 16.7. The summed E-state index contributed by atoms with van der Waals surface area (Å²) in [5.74, 6) is 2.56. The highest BCUT2D eigenvalue weighted by Crippen LogP contribution is 2.41. The minimum atomic E-state index is -0.986. The number of nitro benzene ring substituents is 1. The van der Waals surface area contributed by atoms with E-state index in [4.69, 9.17) is 14.2 Å². The number of nitrogens with one attached hydrogen (secondary N) is 1. The molecule has 0 unspecified atom stereocenters. The standard InChI is InChI=1S/C20H26N2O7/c1-4-9-28-15(13-27-10-5-8-23)12-21-18-16-11-14(22(25)26)6-7-17(16)29-20(2,3)19(18)24/h5-7,11-12,18-19,21,24H,4,9-10,13H2,1-3H3/b15-12+/t18-,19+/m1/s1. The quantitative estimate of drug-likeness (QED) is 0.200. The van der Waals surface area contributed by atoms with Crippen molar-refractivity contribution < 1.29 is 29.0 Å². The molecule has 0 bridgehead atoms. The summed E-state index contributed by atoms with van der Waals surface area (Å²) in [6.45, 7) is 6.10. The van der Waals surface area contributed by atoms with Crippen molar-refractivity contribution in [1.82, 2.24) is 5.32 Å². The van der Waals surface area contributed by atoms with Crippen LogP contribution in [0.2, 0.25) is 0 Å². The van der Waals surface area contributed by atoms with E-state index in [2.05, 4.69) is 5.32 Å². The van der Waals surface area contributed by atoms with Gasteiger partial charge in [-0.1, -0.05) is 6.92 Å². The molecule has 0 amide bonds. The van der Waals surface area contributed by atoms with Crippen molar-refractivity contribution >= 4 is 11.6 Å². The van der Waals surface area contributed by atoms with Crippen molar-refractivity contribution in [3.8, 4) is 5.75 Å². The third kappa shape index (κ3) is 5.80. The number of hydrogen-bond donors (Lipinski definition) is 2. The fourth-order valence-corrected chi connectivity index (χ4v) is 2.87. The summed E-state index contributed by atoms with van der Waals surface area (Å²) in [5.41, 5.74) is -0.534. The van der Waals surface area contributed by atoms with E-state index in [-0.39, 0.29) is 18.9 Å². The van der Waals surface area contributed by atoms with E-state index in [1.54, 1.807) is 26.0 Å². The number of rotatable bonds is 10. The zero-order valence-electron chi connectivity index (χ0n) is 16.7. The molecule has 0 radical (unpaired) electrons. The van der Waals surface area contributed by atoms with Gasteiger partial charge >= 0.3 is 0 Å². The highest BCUT2D eigenvalue weighted by Gasteiger charge is 2.43. The molecule has 1 aliphatic rings. The molecule has 1 aliphatic heterocycles. The Morgan fingerprint density at radius 2 is 2.24 bits per heavy atom. The maximum absolute atomic E-state index is 11.2.